The number of fused-ring (bicyclic) bond motifs is 2. The number of aromatic nitrogens is 2. The van der Waals surface area contributed by atoms with Gasteiger partial charge < -0.3 is 15.0 Å². The lowest BCUT2D eigenvalue weighted by molar-refractivity contribution is 0.129. The summed E-state index contributed by atoms with van der Waals surface area (Å²) < 4.78 is 18.6. The van der Waals surface area contributed by atoms with Gasteiger partial charge >= 0.3 is 6.09 Å². The summed E-state index contributed by atoms with van der Waals surface area (Å²) in [6.45, 7) is 2.21. The second kappa shape index (κ2) is 9.84. The van der Waals surface area contributed by atoms with Crippen molar-refractivity contribution in [2.75, 3.05) is 6.61 Å². The van der Waals surface area contributed by atoms with Crippen molar-refractivity contribution in [1.29, 1.82) is 0 Å². The summed E-state index contributed by atoms with van der Waals surface area (Å²) in [6.07, 6.45) is 11.9. The highest BCUT2D eigenvalue weighted by Gasteiger charge is 2.40. The zero-order valence-electron chi connectivity index (χ0n) is 19.3. The molecule has 0 aliphatic heterocycles. The molecule has 1 amide bonds. The summed E-state index contributed by atoms with van der Waals surface area (Å²) in [7, 11) is 0. The van der Waals surface area contributed by atoms with E-state index in [-0.39, 0.29) is 18.0 Å². The minimum Gasteiger partial charge on any atom is -0.450 e. The van der Waals surface area contributed by atoms with Crippen LogP contribution >= 0.6 is 0 Å². The van der Waals surface area contributed by atoms with Crippen LogP contribution in [-0.2, 0) is 11.2 Å². The van der Waals surface area contributed by atoms with E-state index in [1.165, 1.54) is 23.4 Å². The largest absolute Gasteiger partial charge is 0.450 e. The standard InChI is InChI=1S/C28H30FN3O2/c1-2-34-28(33)32-23-9-10-24-20(15-23)16-27-26(12-13-30-27)25(24)11-8-22-7-6-19(17-31-22)18-4-3-5-21(29)14-18/h3-8,11-14,17,20,23-25,30H,2,9-10,15-16H2,1H3,(H,32,33)/t20-,23+,24+,25-/m0/s1. The molecule has 0 saturated heterocycles. The van der Waals surface area contributed by atoms with Gasteiger partial charge in [-0.2, -0.15) is 0 Å². The van der Waals surface area contributed by atoms with E-state index < -0.39 is 0 Å². The number of nitrogens with one attached hydrogen (secondary N) is 2. The number of hydrogen-bond acceptors (Lipinski definition) is 3. The molecule has 1 aromatic carbocycles. The quantitative estimate of drug-likeness (QED) is 0.484. The lowest BCUT2D eigenvalue weighted by Gasteiger charge is -2.43. The maximum absolute atomic E-state index is 13.5. The van der Waals surface area contributed by atoms with Gasteiger partial charge in [-0.3, -0.25) is 4.98 Å². The van der Waals surface area contributed by atoms with Gasteiger partial charge in [-0.25, -0.2) is 9.18 Å². The van der Waals surface area contributed by atoms with Crippen LogP contribution in [0.4, 0.5) is 9.18 Å². The third-order valence-electron chi connectivity index (χ3n) is 7.21. The molecule has 1 saturated carbocycles. The first-order valence-electron chi connectivity index (χ1n) is 12.1. The van der Waals surface area contributed by atoms with E-state index in [1.807, 2.05) is 31.3 Å². The highest BCUT2D eigenvalue weighted by Crippen LogP contribution is 2.47. The normalized spacial score (nSPS) is 23.8. The fourth-order valence-corrected chi connectivity index (χ4v) is 5.65. The molecule has 2 heterocycles. The average Bonchev–Trinajstić information content (AvgIpc) is 3.30. The Morgan fingerprint density at radius 3 is 2.94 bits per heavy atom. The monoisotopic (exact) mass is 459 g/mol. The molecule has 6 heteroatoms. The second-order valence-corrected chi connectivity index (χ2v) is 9.28. The average molecular weight is 460 g/mol. The zero-order chi connectivity index (χ0) is 23.5. The van der Waals surface area contributed by atoms with E-state index in [0.717, 1.165) is 42.5 Å². The van der Waals surface area contributed by atoms with E-state index in [4.69, 9.17) is 4.74 Å². The molecule has 2 aliphatic rings. The number of allylic oxidation sites excluding steroid dienone is 1. The Labute approximate surface area is 199 Å². The van der Waals surface area contributed by atoms with E-state index in [9.17, 15) is 9.18 Å². The third kappa shape index (κ3) is 4.76. The molecule has 3 aromatic rings. The van der Waals surface area contributed by atoms with E-state index in [1.54, 1.807) is 12.3 Å². The molecule has 0 spiro atoms. The van der Waals surface area contributed by atoms with Gasteiger partial charge in [0.1, 0.15) is 5.82 Å². The molecule has 0 unspecified atom stereocenters. The Kier molecular flexibility index (Phi) is 6.48. The summed E-state index contributed by atoms with van der Waals surface area (Å²) in [5.41, 5.74) is 5.27. The number of pyridine rings is 1. The lowest BCUT2D eigenvalue weighted by atomic mass is 9.64. The molecule has 4 atom stereocenters. The molecular formula is C28H30FN3O2. The van der Waals surface area contributed by atoms with Crippen LogP contribution in [0.3, 0.4) is 0 Å². The third-order valence-corrected chi connectivity index (χ3v) is 7.21. The fourth-order valence-electron chi connectivity index (χ4n) is 5.65. The zero-order valence-corrected chi connectivity index (χ0v) is 19.3. The van der Waals surface area contributed by atoms with E-state index in [2.05, 4.69) is 33.5 Å². The molecular weight excluding hydrogens is 429 g/mol. The Morgan fingerprint density at radius 2 is 2.15 bits per heavy atom. The number of nitrogens with zero attached hydrogens (tertiary/aromatic N) is 1. The highest BCUT2D eigenvalue weighted by molar-refractivity contribution is 5.67. The minimum atomic E-state index is -0.313. The first-order valence-corrected chi connectivity index (χ1v) is 12.1. The molecule has 2 aliphatic carbocycles. The number of hydrogen-bond donors (Lipinski definition) is 2. The van der Waals surface area contributed by atoms with Gasteiger partial charge in [-0.05, 0) is 85.9 Å². The molecule has 1 fully saturated rings. The smallest absolute Gasteiger partial charge is 0.407 e. The number of halogens is 1. The van der Waals surface area contributed by atoms with Gasteiger partial charge in [0.05, 0.1) is 12.3 Å². The van der Waals surface area contributed by atoms with Crippen molar-refractivity contribution in [1.82, 2.24) is 15.3 Å². The number of benzene rings is 1. The number of amides is 1. The number of carbonyl (C=O) groups is 1. The topological polar surface area (TPSA) is 67.0 Å². The summed E-state index contributed by atoms with van der Waals surface area (Å²) in [4.78, 5) is 19.9. The molecule has 5 rings (SSSR count). The summed E-state index contributed by atoms with van der Waals surface area (Å²) >= 11 is 0. The van der Waals surface area contributed by atoms with Crippen molar-refractivity contribution >= 4 is 12.2 Å². The number of rotatable bonds is 5. The number of H-pyrrole nitrogens is 1. The predicted molar refractivity (Wildman–Crippen MR) is 131 cm³/mol. The van der Waals surface area contributed by atoms with Crippen molar-refractivity contribution in [3.05, 3.63) is 83.7 Å². The predicted octanol–water partition coefficient (Wildman–Crippen LogP) is 6.10. The Morgan fingerprint density at radius 1 is 1.24 bits per heavy atom. The van der Waals surface area contributed by atoms with Gasteiger partial charge in [-0.15, -0.1) is 0 Å². The maximum atomic E-state index is 13.5. The summed E-state index contributed by atoms with van der Waals surface area (Å²) in [5.74, 6) is 1.10. The van der Waals surface area contributed by atoms with Crippen molar-refractivity contribution in [2.24, 2.45) is 11.8 Å². The van der Waals surface area contributed by atoms with Crippen LogP contribution in [0.15, 0.2) is 60.9 Å². The number of carbonyl (C=O) groups excluding carboxylic acids is 1. The SMILES string of the molecule is CCOC(=O)N[C@@H]1CC[C@@H]2[C@H](Cc3[nH]ccc3[C@H]2C=Cc2ccc(-c3cccc(F)c3)cn2)C1. The number of ether oxygens (including phenoxy) is 1. The molecule has 0 radical (unpaired) electrons. The van der Waals surface area contributed by atoms with Gasteiger partial charge in [0.15, 0.2) is 0 Å². The van der Waals surface area contributed by atoms with Crippen LogP contribution in [-0.4, -0.2) is 28.7 Å². The number of alkyl carbamates (subject to hydrolysis) is 1. The van der Waals surface area contributed by atoms with Crippen LogP contribution in [0.5, 0.6) is 0 Å². The Bertz CT molecular complexity index is 1170. The maximum Gasteiger partial charge on any atom is 0.407 e. The van der Waals surface area contributed by atoms with Gasteiger partial charge in [0.2, 0.25) is 0 Å². The van der Waals surface area contributed by atoms with Gasteiger partial charge in [0, 0.05) is 35.6 Å². The molecule has 176 valence electrons. The molecule has 0 bridgehead atoms. The fraction of sp³-hybridized carbons (Fsp3) is 0.357. The Balaban J connectivity index is 1.32. The summed E-state index contributed by atoms with van der Waals surface area (Å²) in [6, 6.07) is 12.9. The second-order valence-electron chi connectivity index (χ2n) is 9.28. The first kappa shape index (κ1) is 22.4. The molecule has 2 aromatic heterocycles. The van der Waals surface area contributed by atoms with Gasteiger partial charge in [-0.1, -0.05) is 24.3 Å². The van der Waals surface area contributed by atoms with Crippen molar-refractivity contribution < 1.29 is 13.9 Å². The van der Waals surface area contributed by atoms with Crippen LogP contribution in [0.25, 0.3) is 17.2 Å². The number of aromatic amines is 1. The van der Waals surface area contributed by atoms with Gasteiger partial charge in [0.25, 0.3) is 0 Å². The van der Waals surface area contributed by atoms with Crippen molar-refractivity contribution in [3.8, 4) is 11.1 Å². The van der Waals surface area contributed by atoms with Crippen LogP contribution < -0.4 is 5.32 Å². The van der Waals surface area contributed by atoms with Crippen LogP contribution in [0, 0.1) is 17.7 Å². The van der Waals surface area contributed by atoms with Crippen molar-refractivity contribution in [2.45, 2.75) is 44.6 Å². The molecule has 34 heavy (non-hydrogen) atoms. The molecule has 2 N–H and O–H groups in total. The van der Waals surface area contributed by atoms with E-state index in [0.29, 0.717) is 24.4 Å². The van der Waals surface area contributed by atoms with E-state index >= 15 is 0 Å². The minimum absolute atomic E-state index is 0.165. The summed E-state index contributed by atoms with van der Waals surface area (Å²) in [5, 5.41) is 3.04. The lowest BCUT2D eigenvalue weighted by Crippen LogP contribution is -2.44. The van der Waals surface area contributed by atoms with Crippen LogP contribution in [0.2, 0.25) is 0 Å². The highest BCUT2D eigenvalue weighted by atomic mass is 19.1. The first-order chi connectivity index (χ1) is 16.6. The van der Waals surface area contributed by atoms with Crippen LogP contribution in [0.1, 0.15) is 49.1 Å². The molecule has 5 nitrogen and oxygen atoms in total. The van der Waals surface area contributed by atoms with Crippen molar-refractivity contribution in [3.63, 3.8) is 0 Å². The Hall–Kier alpha value is -3.41.